The van der Waals surface area contributed by atoms with Crippen LogP contribution in [0.4, 0.5) is 0 Å². The molecule has 2 aromatic carbocycles. The first-order chi connectivity index (χ1) is 12.5. The molecule has 0 unspecified atom stereocenters. The quantitative estimate of drug-likeness (QED) is 0.272. The zero-order valence-corrected chi connectivity index (χ0v) is 13.4. The van der Waals surface area contributed by atoms with Crippen molar-refractivity contribution in [3.63, 3.8) is 0 Å². The highest BCUT2D eigenvalue weighted by Crippen LogP contribution is 2.07. The van der Waals surface area contributed by atoms with Gasteiger partial charge < -0.3 is 5.11 Å². The van der Waals surface area contributed by atoms with Gasteiger partial charge in [-0.3, -0.25) is 14.8 Å². The summed E-state index contributed by atoms with van der Waals surface area (Å²) in [5, 5.41) is 21.2. The fourth-order valence-electron chi connectivity index (χ4n) is 1.98. The molecule has 0 radical (unpaired) electrons. The van der Waals surface area contributed by atoms with Crippen molar-refractivity contribution < 1.29 is 24.7 Å². The number of carbonyl (C=O) groups excluding carboxylic acids is 2. The lowest BCUT2D eigenvalue weighted by Gasteiger charge is -2.02. The molecule has 0 aliphatic heterocycles. The summed E-state index contributed by atoms with van der Waals surface area (Å²) in [6, 6.07) is 12.6. The van der Waals surface area contributed by atoms with E-state index in [1.54, 1.807) is 30.3 Å². The van der Waals surface area contributed by atoms with E-state index in [-0.39, 0.29) is 5.56 Å². The minimum absolute atomic E-state index is 0.0774. The largest absolute Gasteiger partial charge is 0.478 e. The van der Waals surface area contributed by atoms with Gasteiger partial charge in [-0.25, -0.2) is 15.7 Å². The lowest BCUT2D eigenvalue weighted by molar-refractivity contribution is -0.124. The molecule has 0 saturated heterocycles. The van der Waals surface area contributed by atoms with Gasteiger partial charge in [0.25, 0.3) is 11.8 Å². The number of hydrazone groups is 1. The molecule has 0 aliphatic rings. The summed E-state index contributed by atoms with van der Waals surface area (Å²) in [6.07, 6.45) is 3.86. The first-order valence-electron chi connectivity index (χ1n) is 7.39. The van der Waals surface area contributed by atoms with Crippen molar-refractivity contribution in [1.82, 2.24) is 10.9 Å². The van der Waals surface area contributed by atoms with Crippen LogP contribution in [0.25, 0.3) is 6.08 Å². The Kier molecular flexibility index (Phi) is 6.35. The van der Waals surface area contributed by atoms with Crippen molar-refractivity contribution in [3.8, 4) is 0 Å². The summed E-state index contributed by atoms with van der Waals surface area (Å²) in [4.78, 5) is 34.0. The molecule has 0 bridgehead atoms. The van der Waals surface area contributed by atoms with Crippen molar-refractivity contribution in [2.24, 2.45) is 5.10 Å². The maximum Gasteiger partial charge on any atom is 0.336 e. The molecule has 2 rings (SSSR count). The Morgan fingerprint density at radius 3 is 2.35 bits per heavy atom. The highest BCUT2D eigenvalue weighted by atomic mass is 16.5. The number of carbonyl (C=O) groups is 3. The van der Waals surface area contributed by atoms with Crippen molar-refractivity contribution in [1.29, 1.82) is 0 Å². The number of hydrogen-bond acceptors (Lipinski definition) is 5. The van der Waals surface area contributed by atoms with Gasteiger partial charge in [-0.05, 0) is 29.8 Å². The van der Waals surface area contributed by atoms with Crippen molar-refractivity contribution in [2.75, 3.05) is 0 Å². The van der Waals surface area contributed by atoms with Crippen LogP contribution in [0.3, 0.4) is 0 Å². The number of carboxylic acid groups (broad SMARTS) is 1. The zero-order valence-electron chi connectivity index (χ0n) is 13.4. The predicted octanol–water partition coefficient (Wildman–Crippen LogP) is 1.67. The highest BCUT2D eigenvalue weighted by Gasteiger charge is 2.07. The van der Waals surface area contributed by atoms with E-state index in [1.807, 2.05) is 0 Å². The van der Waals surface area contributed by atoms with Crippen molar-refractivity contribution >= 4 is 30.1 Å². The molecule has 0 saturated carbocycles. The molecule has 4 N–H and O–H groups in total. The van der Waals surface area contributed by atoms with Crippen LogP contribution in [0.1, 0.15) is 31.8 Å². The van der Waals surface area contributed by atoms with E-state index >= 15 is 0 Å². The van der Waals surface area contributed by atoms with Crippen molar-refractivity contribution in [3.05, 3.63) is 76.9 Å². The number of benzene rings is 2. The molecule has 2 aromatic rings. The fourth-order valence-corrected chi connectivity index (χ4v) is 1.98. The molecule has 2 amide bonds. The van der Waals surface area contributed by atoms with Crippen LogP contribution in [0.5, 0.6) is 0 Å². The monoisotopic (exact) mass is 353 g/mol. The third-order valence-electron chi connectivity index (χ3n) is 3.27. The van der Waals surface area contributed by atoms with Crippen LogP contribution in [0.2, 0.25) is 0 Å². The Labute approximate surface area is 148 Å². The molecule has 0 aromatic heterocycles. The van der Waals surface area contributed by atoms with Gasteiger partial charge in [-0.2, -0.15) is 5.10 Å². The molecule has 0 heterocycles. The van der Waals surface area contributed by atoms with E-state index < -0.39 is 17.8 Å². The van der Waals surface area contributed by atoms with E-state index in [1.165, 1.54) is 36.0 Å². The fraction of sp³-hybridized carbons (Fsp3) is 0. The number of hydroxylamine groups is 1. The second-order valence-corrected chi connectivity index (χ2v) is 5.02. The van der Waals surface area contributed by atoms with E-state index in [0.717, 1.165) is 6.08 Å². The number of nitrogens with zero attached hydrogens (tertiary/aromatic N) is 1. The standard InChI is InChI=1S/C18H15N3O5/c22-16(21-26)10-7-12-5-8-13(9-6-12)17(23)20-19-11-14-3-1-2-4-15(14)18(24)25/h1-11,26H,(H,20,23)(H,21,22)(H,24,25)/b10-7+,19-11-. The number of aromatic carboxylic acids is 1. The van der Waals surface area contributed by atoms with Crippen molar-refractivity contribution in [2.45, 2.75) is 0 Å². The Morgan fingerprint density at radius 1 is 1.00 bits per heavy atom. The molecule has 0 fully saturated rings. The van der Waals surface area contributed by atoms with Crippen LogP contribution in [-0.2, 0) is 4.79 Å². The molecule has 0 spiro atoms. The number of hydrogen-bond donors (Lipinski definition) is 4. The van der Waals surface area contributed by atoms with Crippen LogP contribution < -0.4 is 10.9 Å². The SMILES string of the molecule is O=C(/C=C/c1ccc(C(=O)N/N=C\c2ccccc2C(=O)O)cc1)NO. The molecule has 26 heavy (non-hydrogen) atoms. The highest BCUT2D eigenvalue weighted by molar-refractivity contribution is 5.99. The van der Waals surface area contributed by atoms with Crippen LogP contribution in [0.15, 0.2) is 59.7 Å². The summed E-state index contributed by atoms with van der Waals surface area (Å²) in [7, 11) is 0. The Morgan fingerprint density at radius 2 is 1.69 bits per heavy atom. The second-order valence-electron chi connectivity index (χ2n) is 5.02. The van der Waals surface area contributed by atoms with Gasteiger partial charge in [-0.1, -0.05) is 30.3 Å². The van der Waals surface area contributed by atoms with Gasteiger partial charge in [0, 0.05) is 17.2 Å². The van der Waals surface area contributed by atoms with Gasteiger partial charge in [0.15, 0.2) is 0 Å². The average molecular weight is 353 g/mol. The summed E-state index contributed by atoms with van der Waals surface area (Å²) in [6.45, 7) is 0. The molecule has 0 atom stereocenters. The molecular formula is C18H15N3O5. The average Bonchev–Trinajstić information content (AvgIpc) is 2.66. The van der Waals surface area contributed by atoms with Gasteiger partial charge >= 0.3 is 5.97 Å². The third-order valence-corrected chi connectivity index (χ3v) is 3.27. The van der Waals surface area contributed by atoms with E-state index in [0.29, 0.717) is 16.7 Å². The van der Waals surface area contributed by atoms with E-state index in [2.05, 4.69) is 10.5 Å². The Balaban J connectivity index is 2.01. The van der Waals surface area contributed by atoms with E-state index in [4.69, 9.17) is 10.3 Å². The Bertz CT molecular complexity index is 873. The maximum atomic E-state index is 12.0. The second kappa shape index (κ2) is 8.90. The summed E-state index contributed by atoms with van der Waals surface area (Å²) in [5.74, 6) is -2.22. The topological polar surface area (TPSA) is 128 Å². The minimum Gasteiger partial charge on any atom is -0.478 e. The smallest absolute Gasteiger partial charge is 0.336 e. The normalized spacial score (nSPS) is 10.8. The van der Waals surface area contributed by atoms with Gasteiger partial charge in [0.05, 0.1) is 11.8 Å². The summed E-state index contributed by atoms with van der Waals surface area (Å²) >= 11 is 0. The summed E-state index contributed by atoms with van der Waals surface area (Å²) in [5.41, 5.74) is 5.21. The first kappa shape index (κ1) is 18.6. The third kappa shape index (κ3) is 5.11. The molecule has 0 aliphatic carbocycles. The number of carboxylic acids is 1. The first-order valence-corrected chi connectivity index (χ1v) is 7.39. The minimum atomic E-state index is -1.09. The van der Waals surface area contributed by atoms with Crippen LogP contribution in [-0.4, -0.2) is 34.3 Å². The lowest BCUT2D eigenvalue weighted by atomic mass is 10.1. The molecule has 132 valence electrons. The number of amides is 2. The molecule has 8 nitrogen and oxygen atoms in total. The van der Waals surface area contributed by atoms with Crippen LogP contribution in [0, 0.1) is 0 Å². The Hall–Kier alpha value is -3.78. The number of nitrogens with one attached hydrogen (secondary N) is 2. The van der Waals surface area contributed by atoms with Gasteiger partial charge in [0.1, 0.15) is 0 Å². The summed E-state index contributed by atoms with van der Waals surface area (Å²) < 4.78 is 0. The zero-order chi connectivity index (χ0) is 18.9. The maximum absolute atomic E-state index is 12.0. The lowest BCUT2D eigenvalue weighted by Crippen LogP contribution is -2.17. The predicted molar refractivity (Wildman–Crippen MR) is 93.9 cm³/mol. The van der Waals surface area contributed by atoms with E-state index in [9.17, 15) is 14.4 Å². The number of rotatable bonds is 6. The molecular weight excluding hydrogens is 338 g/mol. The molecule has 8 heteroatoms. The van der Waals surface area contributed by atoms with Crippen LogP contribution >= 0.6 is 0 Å². The van der Waals surface area contributed by atoms with Gasteiger partial charge in [0.2, 0.25) is 0 Å². The van der Waals surface area contributed by atoms with Gasteiger partial charge in [-0.15, -0.1) is 0 Å².